The summed E-state index contributed by atoms with van der Waals surface area (Å²) in [6.45, 7) is 2.15. The van der Waals surface area contributed by atoms with E-state index in [4.69, 9.17) is 5.73 Å². The summed E-state index contributed by atoms with van der Waals surface area (Å²) in [5.74, 6) is 0.873. The molecule has 0 unspecified atom stereocenters. The molecule has 2 N–H and O–H groups in total. The quantitative estimate of drug-likeness (QED) is 0.546. The molecular weight excluding hydrogens is 172 g/mol. The third-order valence-electron chi connectivity index (χ3n) is 2.93. The fourth-order valence-corrected chi connectivity index (χ4v) is 2.12. The maximum atomic E-state index is 5.86. The van der Waals surface area contributed by atoms with Crippen LogP contribution in [0.5, 0.6) is 0 Å². The van der Waals surface area contributed by atoms with Crippen LogP contribution < -0.4 is 5.73 Å². The van der Waals surface area contributed by atoms with Crippen molar-refractivity contribution in [1.29, 1.82) is 0 Å². The smallest absolute Gasteiger partial charge is 0.0940 e. The molecule has 2 heteroatoms. The molecule has 0 bridgehead atoms. The monoisotopic (exact) mass is 196 g/mol. The third kappa shape index (κ3) is 4.64. The predicted octanol–water partition coefficient (Wildman–Crippen LogP) is 3.26. The lowest BCUT2D eigenvalue weighted by molar-refractivity contribution is 0.454. The number of hydrogen-bond donors (Lipinski definition) is 1. The van der Waals surface area contributed by atoms with Crippen LogP contribution in [-0.4, -0.2) is 11.9 Å². The molecule has 0 spiro atoms. The average molecular weight is 196 g/mol. The van der Waals surface area contributed by atoms with Crippen LogP contribution in [0.2, 0.25) is 0 Å². The minimum Gasteiger partial charge on any atom is -0.387 e. The van der Waals surface area contributed by atoms with Gasteiger partial charge in [-0.15, -0.1) is 0 Å². The Morgan fingerprint density at radius 2 is 1.71 bits per heavy atom. The fourth-order valence-electron chi connectivity index (χ4n) is 2.12. The molecule has 0 atom stereocenters. The summed E-state index contributed by atoms with van der Waals surface area (Å²) in [5, 5.41) is 0. The molecule has 1 saturated carbocycles. The van der Waals surface area contributed by atoms with Gasteiger partial charge in [-0.05, 0) is 19.3 Å². The highest BCUT2D eigenvalue weighted by Gasteiger charge is 2.09. The lowest BCUT2D eigenvalue weighted by Gasteiger charge is -2.16. The van der Waals surface area contributed by atoms with Crippen molar-refractivity contribution in [2.45, 2.75) is 70.8 Å². The van der Waals surface area contributed by atoms with E-state index < -0.39 is 0 Å². The Morgan fingerprint density at radius 3 is 2.29 bits per heavy atom. The number of nitrogens with zero attached hydrogens (tertiary/aromatic N) is 1. The van der Waals surface area contributed by atoms with Crippen molar-refractivity contribution in [2.75, 3.05) is 0 Å². The molecule has 0 saturated heterocycles. The maximum absolute atomic E-state index is 5.86. The largest absolute Gasteiger partial charge is 0.387 e. The summed E-state index contributed by atoms with van der Waals surface area (Å²) in [5.41, 5.74) is 5.86. The SMILES string of the molecule is CCCC(N)=NC1CCCCCCC1. The van der Waals surface area contributed by atoms with Gasteiger partial charge in [-0.2, -0.15) is 0 Å². The van der Waals surface area contributed by atoms with Gasteiger partial charge in [0.1, 0.15) is 0 Å². The molecule has 14 heavy (non-hydrogen) atoms. The number of nitrogens with two attached hydrogens (primary N) is 1. The van der Waals surface area contributed by atoms with Gasteiger partial charge in [0, 0.05) is 6.42 Å². The normalized spacial score (nSPS) is 21.6. The van der Waals surface area contributed by atoms with Crippen LogP contribution in [0.1, 0.15) is 64.7 Å². The van der Waals surface area contributed by atoms with Crippen LogP contribution in [-0.2, 0) is 0 Å². The van der Waals surface area contributed by atoms with Gasteiger partial charge in [0.05, 0.1) is 11.9 Å². The van der Waals surface area contributed by atoms with Gasteiger partial charge in [0.15, 0.2) is 0 Å². The van der Waals surface area contributed by atoms with Crippen molar-refractivity contribution < 1.29 is 0 Å². The minimum absolute atomic E-state index is 0.529. The van der Waals surface area contributed by atoms with Crippen LogP contribution in [0.15, 0.2) is 4.99 Å². The van der Waals surface area contributed by atoms with Gasteiger partial charge in [-0.1, -0.05) is 39.0 Å². The molecule has 1 rings (SSSR count). The van der Waals surface area contributed by atoms with Crippen molar-refractivity contribution >= 4 is 5.84 Å². The van der Waals surface area contributed by atoms with E-state index in [1.807, 2.05) is 0 Å². The number of aliphatic imine (C=N–C) groups is 1. The molecule has 0 aromatic carbocycles. The fraction of sp³-hybridized carbons (Fsp3) is 0.917. The first-order valence-corrected chi connectivity index (χ1v) is 6.15. The van der Waals surface area contributed by atoms with Gasteiger partial charge < -0.3 is 5.73 Å². The van der Waals surface area contributed by atoms with Crippen molar-refractivity contribution in [3.8, 4) is 0 Å². The van der Waals surface area contributed by atoms with E-state index in [2.05, 4.69) is 11.9 Å². The zero-order valence-electron chi connectivity index (χ0n) is 9.47. The Labute approximate surface area is 88.0 Å². The predicted molar refractivity (Wildman–Crippen MR) is 62.6 cm³/mol. The summed E-state index contributed by atoms with van der Waals surface area (Å²) < 4.78 is 0. The molecule has 2 nitrogen and oxygen atoms in total. The average Bonchev–Trinajstić information content (AvgIpc) is 2.10. The molecule has 0 radical (unpaired) electrons. The summed E-state index contributed by atoms with van der Waals surface area (Å²) in [6, 6.07) is 0.529. The summed E-state index contributed by atoms with van der Waals surface area (Å²) in [7, 11) is 0. The van der Waals surface area contributed by atoms with Gasteiger partial charge in [-0.3, -0.25) is 4.99 Å². The van der Waals surface area contributed by atoms with Crippen LogP contribution >= 0.6 is 0 Å². The second kappa shape index (κ2) is 6.86. The molecule has 1 aliphatic rings. The molecule has 82 valence electrons. The van der Waals surface area contributed by atoms with Crippen LogP contribution in [0, 0.1) is 0 Å². The molecule has 0 aromatic rings. The van der Waals surface area contributed by atoms with Crippen LogP contribution in [0.25, 0.3) is 0 Å². The Morgan fingerprint density at radius 1 is 1.14 bits per heavy atom. The van der Waals surface area contributed by atoms with Gasteiger partial charge >= 0.3 is 0 Å². The van der Waals surface area contributed by atoms with Crippen LogP contribution in [0.3, 0.4) is 0 Å². The number of rotatable bonds is 3. The van der Waals surface area contributed by atoms with Crippen LogP contribution in [0.4, 0.5) is 0 Å². The highest BCUT2D eigenvalue weighted by atomic mass is 14.9. The highest BCUT2D eigenvalue weighted by Crippen LogP contribution is 2.19. The topological polar surface area (TPSA) is 38.4 Å². The molecule has 0 amide bonds. The van der Waals surface area contributed by atoms with E-state index >= 15 is 0 Å². The van der Waals surface area contributed by atoms with E-state index in [1.165, 1.54) is 44.9 Å². The van der Waals surface area contributed by atoms with E-state index in [1.54, 1.807) is 0 Å². The zero-order chi connectivity index (χ0) is 10.2. The molecular formula is C12H24N2. The molecule has 1 aliphatic carbocycles. The second-order valence-electron chi connectivity index (χ2n) is 4.37. The van der Waals surface area contributed by atoms with Gasteiger partial charge in [0.2, 0.25) is 0 Å². The van der Waals surface area contributed by atoms with E-state index in [9.17, 15) is 0 Å². The maximum Gasteiger partial charge on any atom is 0.0940 e. The number of hydrogen-bond acceptors (Lipinski definition) is 1. The Balaban J connectivity index is 2.35. The molecule has 0 aliphatic heterocycles. The molecule has 0 aromatic heterocycles. The lowest BCUT2D eigenvalue weighted by Crippen LogP contribution is -2.17. The first kappa shape index (κ1) is 11.5. The van der Waals surface area contributed by atoms with Crippen molar-refractivity contribution in [3.63, 3.8) is 0 Å². The lowest BCUT2D eigenvalue weighted by atomic mass is 9.97. The summed E-state index contributed by atoms with van der Waals surface area (Å²) in [4.78, 5) is 4.62. The summed E-state index contributed by atoms with van der Waals surface area (Å²) >= 11 is 0. The second-order valence-corrected chi connectivity index (χ2v) is 4.37. The van der Waals surface area contributed by atoms with Gasteiger partial charge in [-0.25, -0.2) is 0 Å². The Kier molecular flexibility index (Phi) is 5.65. The summed E-state index contributed by atoms with van der Waals surface area (Å²) in [6.07, 6.45) is 11.5. The van der Waals surface area contributed by atoms with Gasteiger partial charge in [0.25, 0.3) is 0 Å². The van der Waals surface area contributed by atoms with E-state index in [0.717, 1.165) is 18.7 Å². The van der Waals surface area contributed by atoms with E-state index in [0.29, 0.717) is 6.04 Å². The van der Waals surface area contributed by atoms with Crippen molar-refractivity contribution in [3.05, 3.63) is 0 Å². The Bertz CT molecular complexity index is 167. The first-order chi connectivity index (χ1) is 6.83. The molecule has 0 heterocycles. The zero-order valence-corrected chi connectivity index (χ0v) is 9.47. The number of amidine groups is 1. The minimum atomic E-state index is 0.529. The van der Waals surface area contributed by atoms with Crippen molar-refractivity contribution in [1.82, 2.24) is 0 Å². The van der Waals surface area contributed by atoms with E-state index in [-0.39, 0.29) is 0 Å². The third-order valence-corrected chi connectivity index (χ3v) is 2.93. The van der Waals surface area contributed by atoms with Crippen molar-refractivity contribution in [2.24, 2.45) is 10.7 Å². The highest BCUT2D eigenvalue weighted by molar-refractivity contribution is 5.80. The Hall–Kier alpha value is -0.530. The first-order valence-electron chi connectivity index (χ1n) is 6.15. The standard InChI is InChI=1S/C12H24N2/c1-2-8-12(13)14-11-9-6-4-3-5-7-10-11/h11H,2-10H2,1H3,(H2,13,14). The molecule has 1 fully saturated rings.